The summed E-state index contributed by atoms with van der Waals surface area (Å²) in [7, 11) is 0. The lowest BCUT2D eigenvalue weighted by Crippen LogP contribution is -2.67. The summed E-state index contributed by atoms with van der Waals surface area (Å²) in [6.07, 6.45) is 21.5. The molecule has 0 saturated carbocycles. The fourth-order valence-corrected chi connectivity index (χ4v) is 11.8. The zero-order valence-corrected chi connectivity index (χ0v) is 52.8. The van der Waals surface area contributed by atoms with Gasteiger partial charge < -0.3 is 90.1 Å². The van der Waals surface area contributed by atoms with E-state index in [0.717, 1.165) is 44.9 Å². The second kappa shape index (κ2) is 49.6. The maximum Gasteiger partial charge on any atom is 0.290 e. The van der Waals surface area contributed by atoms with E-state index < -0.39 is 130 Å². The molecule has 3 heterocycles. The Balaban J connectivity index is 0.00000803. The van der Waals surface area contributed by atoms with Gasteiger partial charge in [-0.2, -0.15) is 0 Å². The van der Waals surface area contributed by atoms with Gasteiger partial charge >= 0.3 is 0 Å². The fourth-order valence-electron chi connectivity index (χ4n) is 11.8. The highest BCUT2D eigenvalue weighted by molar-refractivity contribution is 5.76. The highest BCUT2D eigenvalue weighted by Gasteiger charge is 2.52. The Hall–Kier alpha value is -2.19. The number of rotatable bonds is 49. The zero-order valence-electron chi connectivity index (χ0n) is 52.8. The Morgan fingerprint density at radius 2 is 1.04 bits per heavy atom. The quantitative estimate of drug-likeness (QED) is 0.0207. The van der Waals surface area contributed by atoms with Crippen molar-refractivity contribution in [3.63, 3.8) is 0 Å². The predicted octanol–water partition coefficient (Wildman–Crippen LogP) is 7.50. The molecule has 2 amide bonds. The molecule has 3 aliphatic heterocycles. The first-order valence-corrected chi connectivity index (χ1v) is 33.6. The van der Waals surface area contributed by atoms with Crippen molar-refractivity contribution in [2.24, 2.45) is 5.92 Å². The molecule has 0 bridgehead atoms. The van der Waals surface area contributed by atoms with E-state index in [-0.39, 0.29) is 25.4 Å². The number of aliphatic hydroxyl groups is 9. The molecule has 17 atom stereocenters. The lowest BCUT2D eigenvalue weighted by molar-refractivity contribution is -0.353. The first-order valence-electron chi connectivity index (χ1n) is 33.6. The van der Waals surface area contributed by atoms with Crippen molar-refractivity contribution in [1.82, 2.24) is 10.6 Å². The Kier molecular flexibility index (Phi) is 46.0. The third-order valence-electron chi connectivity index (χ3n) is 17.2. The normalized spacial score (nSPS) is 28.0. The van der Waals surface area contributed by atoms with Gasteiger partial charge in [0.25, 0.3) is 6.47 Å². The van der Waals surface area contributed by atoms with Crippen molar-refractivity contribution in [2.45, 2.75) is 357 Å². The van der Waals surface area contributed by atoms with Gasteiger partial charge in [0.15, 0.2) is 18.9 Å². The molecule has 0 radical (unpaired) electrons. The van der Waals surface area contributed by atoms with E-state index in [1.165, 1.54) is 174 Å². The van der Waals surface area contributed by atoms with Gasteiger partial charge in [0.05, 0.1) is 44.7 Å². The van der Waals surface area contributed by atoms with E-state index in [1.54, 1.807) is 6.92 Å². The average Bonchev–Trinajstić information content (AvgIpc) is 3.32. The third kappa shape index (κ3) is 33.5. The van der Waals surface area contributed by atoms with Crippen molar-refractivity contribution in [3.8, 4) is 0 Å². The number of amides is 2. The molecule has 0 spiro atoms. The minimum Gasteiger partial charge on any atom is -0.483 e. The minimum absolute atomic E-state index is 0.0151. The smallest absolute Gasteiger partial charge is 0.290 e. The summed E-state index contributed by atoms with van der Waals surface area (Å²) in [4.78, 5) is 34.5. The van der Waals surface area contributed by atoms with Gasteiger partial charge in [-0.1, -0.05) is 226 Å². The molecule has 12 N–H and O–H groups in total. The number of aliphatic hydroxyl groups excluding tert-OH is 9. The average molecular weight is 1220 g/mol. The number of hydrogen-bond acceptors (Lipinski definition) is 18. The van der Waals surface area contributed by atoms with Gasteiger partial charge in [0.1, 0.15) is 61.0 Å². The van der Waals surface area contributed by atoms with Crippen molar-refractivity contribution in [3.05, 3.63) is 0 Å². The van der Waals surface area contributed by atoms with Crippen LogP contribution in [0.1, 0.15) is 259 Å². The van der Waals surface area contributed by atoms with Gasteiger partial charge in [-0.05, 0) is 12.8 Å². The first kappa shape index (κ1) is 78.9. The van der Waals surface area contributed by atoms with Gasteiger partial charge in [0, 0.05) is 25.7 Å². The molecule has 0 aromatic rings. The predicted molar refractivity (Wildman–Crippen MR) is 324 cm³/mol. The number of ether oxygens (including phenoxy) is 6. The van der Waals surface area contributed by atoms with Crippen LogP contribution in [-0.4, -0.2) is 194 Å². The topological polar surface area (TPSA) is 333 Å². The van der Waals surface area contributed by atoms with E-state index in [2.05, 4.69) is 24.5 Å². The third-order valence-corrected chi connectivity index (χ3v) is 17.2. The van der Waals surface area contributed by atoms with E-state index in [1.807, 2.05) is 0 Å². The summed E-state index contributed by atoms with van der Waals surface area (Å²) >= 11 is 0. The van der Waals surface area contributed by atoms with E-state index in [9.17, 15) is 55.5 Å². The SMILES string of the molecule is CCCCCCCCCCCCCCCCCCCCCCCC(=O)NC(CCCCCCCCCCCCCC)CO[C@@H]1OC(CO)[C@@H](O[C@@H]2OC(CO[C@@H]3C[C@@H](O)[C@@H](C)C([C@H](O)[C@H](O)CO)O3)[C@H](O)[C@H](O)C2O)[C@H](O)C1NC(C)=O.O=CO. The summed E-state index contributed by atoms with van der Waals surface area (Å²) in [6.45, 7) is 5.13. The van der Waals surface area contributed by atoms with Crippen LogP contribution in [0.25, 0.3) is 0 Å². The van der Waals surface area contributed by atoms with Crippen molar-refractivity contribution >= 4 is 18.3 Å². The molecule has 85 heavy (non-hydrogen) atoms. The molecule has 3 fully saturated rings. The van der Waals surface area contributed by atoms with E-state index >= 15 is 0 Å². The molecule has 502 valence electrons. The fraction of sp³-hybridized carbons (Fsp3) is 0.953. The summed E-state index contributed by atoms with van der Waals surface area (Å²) < 4.78 is 36.0. The first-order chi connectivity index (χ1) is 41.1. The van der Waals surface area contributed by atoms with Crippen molar-refractivity contribution < 1.29 is 93.9 Å². The summed E-state index contributed by atoms with van der Waals surface area (Å²) in [6, 6.07) is -1.68. The molecule has 0 aromatic heterocycles. The number of carboxylic acid groups (broad SMARTS) is 1. The largest absolute Gasteiger partial charge is 0.483 e. The monoisotopic (exact) mass is 1220 g/mol. The Bertz CT molecular complexity index is 1630. The van der Waals surface area contributed by atoms with Gasteiger partial charge in [0.2, 0.25) is 11.8 Å². The Morgan fingerprint density at radius 3 is 1.48 bits per heavy atom. The summed E-state index contributed by atoms with van der Waals surface area (Å²) in [5, 5.41) is 109. The Labute approximate surface area is 510 Å². The number of hydrogen-bond donors (Lipinski definition) is 12. The second-order valence-corrected chi connectivity index (χ2v) is 24.5. The van der Waals surface area contributed by atoms with Crippen LogP contribution in [0.3, 0.4) is 0 Å². The van der Waals surface area contributed by atoms with E-state index in [0.29, 0.717) is 12.8 Å². The van der Waals surface area contributed by atoms with Crippen LogP contribution < -0.4 is 10.6 Å². The number of carbonyl (C=O) groups excluding carboxylic acids is 2. The van der Waals surface area contributed by atoms with Gasteiger partial charge in [-0.3, -0.25) is 14.4 Å². The summed E-state index contributed by atoms with van der Waals surface area (Å²) in [5.41, 5.74) is 0. The molecule has 3 aliphatic rings. The highest BCUT2D eigenvalue weighted by Crippen LogP contribution is 2.33. The maximum atomic E-state index is 13.5. The molecule has 6 unspecified atom stereocenters. The van der Waals surface area contributed by atoms with Crippen LogP contribution in [0.2, 0.25) is 0 Å². The van der Waals surface area contributed by atoms with Crippen LogP contribution in [0.5, 0.6) is 0 Å². The maximum absolute atomic E-state index is 13.5. The second-order valence-electron chi connectivity index (χ2n) is 24.5. The zero-order chi connectivity index (χ0) is 62.6. The molecule has 0 aliphatic carbocycles. The summed E-state index contributed by atoms with van der Waals surface area (Å²) in [5.74, 6) is -1.26. The van der Waals surface area contributed by atoms with Crippen LogP contribution >= 0.6 is 0 Å². The van der Waals surface area contributed by atoms with Crippen molar-refractivity contribution in [2.75, 3.05) is 26.4 Å². The van der Waals surface area contributed by atoms with Gasteiger partial charge in [-0.25, -0.2) is 0 Å². The van der Waals surface area contributed by atoms with Crippen LogP contribution in [0, 0.1) is 5.92 Å². The Morgan fingerprint density at radius 1 is 0.588 bits per heavy atom. The number of unbranched alkanes of at least 4 members (excludes halogenated alkanes) is 31. The molecule has 21 heteroatoms. The molecular formula is C64H122N2O19. The molecule has 3 saturated heterocycles. The van der Waals surface area contributed by atoms with Crippen molar-refractivity contribution in [1.29, 1.82) is 0 Å². The lowest BCUT2D eigenvalue weighted by atomic mass is 9.87. The molecule has 3 rings (SSSR count). The number of nitrogens with one attached hydrogen (secondary N) is 2. The highest BCUT2D eigenvalue weighted by atomic mass is 16.7. The van der Waals surface area contributed by atoms with E-state index in [4.69, 9.17) is 38.3 Å². The molecule has 21 nitrogen and oxygen atoms in total. The van der Waals surface area contributed by atoms with Gasteiger partial charge in [-0.15, -0.1) is 0 Å². The lowest BCUT2D eigenvalue weighted by Gasteiger charge is -2.47. The number of carbonyl (C=O) groups is 3. The molecule has 0 aromatic carbocycles. The van der Waals surface area contributed by atoms with Crippen LogP contribution in [0.15, 0.2) is 0 Å². The molecular weight excluding hydrogens is 1100 g/mol. The standard InChI is InChI=1S/C63H120N2O17.CH2O2/c1-5-7-9-11-13-15-17-19-20-21-22-23-24-25-26-27-29-31-33-35-37-39-52(71)65-47(38-36-34-32-30-28-18-16-14-12-10-8-6-2)43-78-62-54(64-46(4)68)57(74)61(50(42-67)79-62)82-63-59(76)58(75)56(73)51(80-63)44-77-53-40-48(69)45(3)60(81-53)55(72)49(70)41-66;2-1-3/h45,47-51,53-63,66-67,69-70,72-76H,5-44H2,1-4H3,(H,64,68)(H,65,71);1H,(H,2,3)/t45-,47?,48-,49-,50?,51?,53+,54?,55-,56+,57-,58+,59?,60?,61-,62-,63+;/m1./s1. The van der Waals surface area contributed by atoms with Crippen LogP contribution in [0.4, 0.5) is 0 Å². The minimum atomic E-state index is -1.88. The van der Waals surface area contributed by atoms with Crippen LogP contribution in [-0.2, 0) is 42.8 Å².